The third-order valence-corrected chi connectivity index (χ3v) is 3.23. The van der Waals surface area contributed by atoms with E-state index >= 15 is 0 Å². The molecule has 2 aromatic rings. The Morgan fingerprint density at radius 3 is 2.47 bits per heavy atom. The fraction of sp³-hybridized carbons (Fsp3) is 0.125. The Balaban J connectivity index is 2.16. The zero-order chi connectivity index (χ0) is 13.2. The number of para-hydroxylation sites is 1. The average molecular weight is 250 g/mol. The first-order valence-corrected chi connectivity index (χ1v) is 6.23. The van der Waals surface area contributed by atoms with E-state index in [0.717, 1.165) is 16.8 Å². The first kappa shape index (κ1) is 11.7. The molecular formula is C16H14N2O. The lowest BCUT2D eigenvalue weighted by atomic mass is 10.1. The largest absolute Gasteiger partial charge is 0.336 e. The highest BCUT2D eigenvalue weighted by Gasteiger charge is 2.22. The van der Waals surface area contributed by atoms with Crippen LogP contribution in [0.4, 0.5) is 5.69 Å². The highest BCUT2D eigenvalue weighted by Crippen LogP contribution is 2.25. The monoisotopic (exact) mass is 250 g/mol. The van der Waals surface area contributed by atoms with Gasteiger partial charge in [0.15, 0.2) is 0 Å². The van der Waals surface area contributed by atoms with Crippen LogP contribution in [0.25, 0.3) is 0 Å². The van der Waals surface area contributed by atoms with E-state index in [4.69, 9.17) is 0 Å². The molecule has 1 aliphatic heterocycles. The van der Waals surface area contributed by atoms with Gasteiger partial charge in [0.05, 0.1) is 5.69 Å². The Kier molecular flexibility index (Phi) is 2.88. The smallest absolute Gasteiger partial charge is 0.273 e. The summed E-state index contributed by atoms with van der Waals surface area (Å²) in [4.78, 5) is 18.7. The molecule has 0 fully saturated rings. The molecule has 19 heavy (non-hydrogen) atoms. The van der Waals surface area contributed by atoms with Crippen LogP contribution in [0.1, 0.15) is 11.1 Å². The van der Waals surface area contributed by atoms with Crippen LogP contribution in [0.5, 0.6) is 0 Å². The van der Waals surface area contributed by atoms with Crippen molar-refractivity contribution in [2.24, 2.45) is 4.99 Å². The van der Waals surface area contributed by atoms with E-state index in [1.807, 2.05) is 61.6 Å². The van der Waals surface area contributed by atoms with Crippen molar-refractivity contribution in [2.75, 3.05) is 7.05 Å². The van der Waals surface area contributed by atoms with Gasteiger partial charge in [-0.25, -0.2) is 4.99 Å². The van der Waals surface area contributed by atoms with E-state index < -0.39 is 0 Å². The van der Waals surface area contributed by atoms with Gasteiger partial charge in [-0.05, 0) is 11.6 Å². The van der Waals surface area contributed by atoms with Crippen LogP contribution in [0.2, 0.25) is 0 Å². The molecule has 0 aromatic heterocycles. The summed E-state index contributed by atoms with van der Waals surface area (Å²) >= 11 is 0. The molecule has 3 heteroatoms. The van der Waals surface area contributed by atoms with Gasteiger partial charge in [0.2, 0.25) is 0 Å². The maximum Gasteiger partial charge on any atom is 0.273 e. The third kappa shape index (κ3) is 2.15. The van der Waals surface area contributed by atoms with Gasteiger partial charge in [-0.15, -0.1) is 0 Å². The van der Waals surface area contributed by atoms with E-state index in [-0.39, 0.29) is 5.91 Å². The van der Waals surface area contributed by atoms with E-state index in [1.54, 1.807) is 4.90 Å². The lowest BCUT2D eigenvalue weighted by Gasteiger charge is -2.15. The quantitative estimate of drug-likeness (QED) is 0.766. The Morgan fingerprint density at radius 2 is 1.68 bits per heavy atom. The van der Waals surface area contributed by atoms with Crippen LogP contribution in [0, 0.1) is 0 Å². The lowest BCUT2D eigenvalue weighted by molar-refractivity contribution is -0.123. The molecule has 0 radical (unpaired) electrons. The minimum absolute atomic E-state index is 0.0394. The second-order valence-electron chi connectivity index (χ2n) is 4.62. The summed E-state index contributed by atoms with van der Waals surface area (Å²) in [5, 5.41) is 0. The van der Waals surface area contributed by atoms with Crippen molar-refractivity contribution in [3.05, 3.63) is 65.7 Å². The topological polar surface area (TPSA) is 32.7 Å². The molecule has 0 spiro atoms. The number of amides is 1. The molecule has 0 bridgehead atoms. The first-order valence-electron chi connectivity index (χ1n) is 6.23. The number of rotatable bonds is 1. The van der Waals surface area contributed by atoms with Crippen molar-refractivity contribution < 1.29 is 4.79 Å². The Bertz CT molecular complexity index is 647. The van der Waals surface area contributed by atoms with Gasteiger partial charge in [-0.2, -0.15) is 0 Å². The van der Waals surface area contributed by atoms with Crippen molar-refractivity contribution in [3.63, 3.8) is 0 Å². The number of hydrogen-bond acceptors (Lipinski definition) is 2. The van der Waals surface area contributed by atoms with Gasteiger partial charge in [-0.3, -0.25) is 4.79 Å². The highest BCUT2D eigenvalue weighted by molar-refractivity contribution is 6.45. The number of likely N-dealkylation sites (N-methyl/N-ethyl adjacent to an activating group) is 1. The van der Waals surface area contributed by atoms with Crippen LogP contribution in [0.15, 0.2) is 59.6 Å². The average Bonchev–Trinajstić information content (AvgIpc) is 2.58. The molecule has 0 saturated heterocycles. The van der Waals surface area contributed by atoms with E-state index in [2.05, 4.69) is 4.99 Å². The molecule has 1 heterocycles. The molecule has 1 aliphatic rings. The van der Waals surface area contributed by atoms with Gasteiger partial charge < -0.3 is 4.90 Å². The summed E-state index contributed by atoms with van der Waals surface area (Å²) in [7, 11) is 1.81. The molecule has 1 amide bonds. The number of nitrogens with zero attached hydrogens (tertiary/aromatic N) is 2. The van der Waals surface area contributed by atoms with Gasteiger partial charge in [0.25, 0.3) is 5.91 Å². The predicted molar refractivity (Wildman–Crippen MR) is 75.6 cm³/mol. The van der Waals surface area contributed by atoms with E-state index in [0.29, 0.717) is 12.3 Å². The maximum atomic E-state index is 12.4. The molecule has 0 unspecified atom stereocenters. The minimum atomic E-state index is -0.0394. The molecule has 2 aromatic carbocycles. The van der Waals surface area contributed by atoms with Crippen molar-refractivity contribution in [1.29, 1.82) is 0 Å². The number of benzene rings is 2. The van der Waals surface area contributed by atoms with Crippen LogP contribution < -0.4 is 0 Å². The maximum absolute atomic E-state index is 12.4. The molecule has 0 saturated carbocycles. The summed E-state index contributed by atoms with van der Waals surface area (Å²) in [6, 6.07) is 17.5. The normalized spacial score (nSPS) is 14.7. The van der Waals surface area contributed by atoms with E-state index in [9.17, 15) is 4.79 Å². The fourth-order valence-corrected chi connectivity index (χ4v) is 2.21. The number of carbonyl (C=O) groups excluding carboxylic acids is 1. The molecule has 0 atom stereocenters. The Labute approximate surface area is 112 Å². The molecule has 0 aliphatic carbocycles. The molecule has 94 valence electrons. The number of fused-ring (bicyclic) bond motifs is 1. The van der Waals surface area contributed by atoms with Crippen LogP contribution in [-0.2, 0) is 11.3 Å². The summed E-state index contributed by atoms with van der Waals surface area (Å²) < 4.78 is 0. The zero-order valence-corrected chi connectivity index (χ0v) is 10.7. The predicted octanol–water partition coefficient (Wildman–Crippen LogP) is 2.78. The summed E-state index contributed by atoms with van der Waals surface area (Å²) in [5.74, 6) is -0.0394. The second-order valence-corrected chi connectivity index (χ2v) is 4.62. The SMILES string of the molecule is CN1Cc2ccccc2N=C(c2ccccc2)C1=O. The highest BCUT2D eigenvalue weighted by atomic mass is 16.2. The first-order chi connectivity index (χ1) is 9.25. The second kappa shape index (κ2) is 4.69. The van der Waals surface area contributed by atoms with Gasteiger partial charge in [0, 0.05) is 19.2 Å². The van der Waals surface area contributed by atoms with Crippen LogP contribution >= 0.6 is 0 Å². The summed E-state index contributed by atoms with van der Waals surface area (Å²) in [6.07, 6.45) is 0. The Morgan fingerprint density at radius 1 is 1.00 bits per heavy atom. The van der Waals surface area contributed by atoms with Crippen molar-refractivity contribution in [1.82, 2.24) is 4.90 Å². The van der Waals surface area contributed by atoms with E-state index in [1.165, 1.54) is 0 Å². The van der Waals surface area contributed by atoms with Gasteiger partial charge >= 0.3 is 0 Å². The number of aliphatic imine (C=N–C) groups is 1. The number of carbonyl (C=O) groups is 1. The number of hydrogen-bond donors (Lipinski definition) is 0. The van der Waals surface area contributed by atoms with Crippen molar-refractivity contribution in [3.8, 4) is 0 Å². The minimum Gasteiger partial charge on any atom is -0.336 e. The van der Waals surface area contributed by atoms with Gasteiger partial charge in [0.1, 0.15) is 5.71 Å². The standard InChI is InChI=1S/C16H14N2O/c1-18-11-13-9-5-6-10-14(13)17-15(16(18)19)12-7-3-2-4-8-12/h2-10H,11H2,1H3. The van der Waals surface area contributed by atoms with Crippen LogP contribution in [-0.4, -0.2) is 23.6 Å². The molecule has 0 N–H and O–H groups in total. The molecule has 3 rings (SSSR count). The van der Waals surface area contributed by atoms with Crippen LogP contribution in [0.3, 0.4) is 0 Å². The van der Waals surface area contributed by atoms with Gasteiger partial charge in [-0.1, -0.05) is 48.5 Å². The summed E-state index contributed by atoms with van der Waals surface area (Å²) in [5.41, 5.74) is 3.31. The van der Waals surface area contributed by atoms with Crippen molar-refractivity contribution in [2.45, 2.75) is 6.54 Å². The molecular weight excluding hydrogens is 236 g/mol. The fourth-order valence-electron chi connectivity index (χ4n) is 2.21. The third-order valence-electron chi connectivity index (χ3n) is 3.23. The molecule has 3 nitrogen and oxygen atoms in total. The van der Waals surface area contributed by atoms with Crippen molar-refractivity contribution >= 4 is 17.3 Å². The lowest BCUT2D eigenvalue weighted by Crippen LogP contribution is -2.32. The summed E-state index contributed by atoms with van der Waals surface area (Å²) in [6.45, 7) is 0.592. The zero-order valence-electron chi connectivity index (χ0n) is 10.7. The Hall–Kier alpha value is -2.42.